The van der Waals surface area contributed by atoms with Crippen LogP contribution in [-0.2, 0) is 0 Å². The summed E-state index contributed by atoms with van der Waals surface area (Å²) < 4.78 is 0. The van der Waals surface area contributed by atoms with Crippen LogP contribution in [0.5, 0.6) is 0 Å². The highest BCUT2D eigenvalue weighted by atomic mass is 32.1. The Kier molecular flexibility index (Phi) is 4.50. The van der Waals surface area contributed by atoms with E-state index in [9.17, 15) is 5.11 Å². The number of rotatable bonds is 6. The smallest absolute Gasteiger partial charge is 0.128 e. The fourth-order valence-electron chi connectivity index (χ4n) is 3.17. The Hall–Kier alpha value is -1.17. The van der Waals surface area contributed by atoms with Crippen molar-refractivity contribution >= 4 is 11.3 Å². The molecular weight excluding hydrogens is 270 g/mol. The highest BCUT2D eigenvalue weighted by Crippen LogP contribution is 2.32. The van der Waals surface area contributed by atoms with Gasteiger partial charge in [0.15, 0.2) is 0 Å². The van der Waals surface area contributed by atoms with Crippen LogP contribution in [0.2, 0.25) is 0 Å². The SMILES string of the molecule is OCC[C@@H]1CCC[C@@H]1N[C@@H](c1ncc[nH]1)c1cccs1. The second-order valence-corrected chi connectivity index (χ2v) is 6.38. The lowest BCUT2D eigenvalue weighted by Crippen LogP contribution is -2.36. The van der Waals surface area contributed by atoms with Gasteiger partial charge in [-0.05, 0) is 36.6 Å². The van der Waals surface area contributed by atoms with Crippen molar-refractivity contribution in [2.24, 2.45) is 5.92 Å². The fourth-order valence-corrected chi connectivity index (χ4v) is 3.96. The maximum absolute atomic E-state index is 9.20. The Balaban J connectivity index is 1.77. The fraction of sp³-hybridized carbons (Fsp3) is 0.533. The number of imidazole rings is 1. The maximum atomic E-state index is 9.20. The van der Waals surface area contributed by atoms with E-state index in [1.54, 1.807) is 17.5 Å². The summed E-state index contributed by atoms with van der Waals surface area (Å²) in [5, 5.41) is 15.1. The molecule has 2 aromatic rings. The van der Waals surface area contributed by atoms with Gasteiger partial charge in [0, 0.05) is 29.9 Å². The molecule has 1 aliphatic carbocycles. The van der Waals surface area contributed by atoms with Crippen LogP contribution in [0.3, 0.4) is 0 Å². The number of aromatic nitrogens is 2. The molecule has 0 spiro atoms. The molecule has 1 saturated carbocycles. The molecule has 0 aromatic carbocycles. The minimum Gasteiger partial charge on any atom is -0.396 e. The van der Waals surface area contributed by atoms with Gasteiger partial charge in [0.25, 0.3) is 0 Å². The molecule has 0 saturated heterocycles. The third-order valence-corrected chi connectivity index (χ3v) is 5.10. The van der Waals surface area contributed by atoms with E-state index in [1.165, 1.54) is 24.1 Å². The average Bonchev–Trinajstić information content (AvgIpc) is 3.20. The summed E-state index contributed by atoms with van der Waals surface area (Å²) in [6.45, 7) is 0.285. The summed E-state index contributed by atoms with van der Waals surface area (Å²) in [5.74, 6) is 1.56. The number of nitrogens with zero attached hydrogens (tertiary/aromatic N) is 1. The number of thiophene rings is 1. The number of aliphatic hydroxyl groups is 1. The van der Waals surface area contributed by atoms with Crippen LogP contribution in [0.1, 0.15) is 42.4 Å². The van der Waals surface area contributed by atoms with E-state index in [0.717, 1.165) is 12.2 Å². The van der Waals surface area contributed by atoms with Gasteiger partial charge in [0.05, 0.1) is 0 Å². The predicted molar refractivity (Wildman–Crippen MR) is 80.7 cm³/mol. The van der Waals surface area contributed by atoms with Crippen molar-refractivity contribution in [3.05, 3.63) is 40.6 Å². The van der Waals surface area contributed by atoms with Crippen LogP contribution in [-0.4, -0.2) is 27.7 Å². The first-order valence-electron chi connectivity index (χ1n) is 7.28. The van der Waals surface area contributed by atoms with Crippen LogP contribution in [0, 0.1) is 5.92 Å². The van der Waals surface area contributed by atoms with Crippen molar-refractivity contribution in [3.63, 3.8) is 0 Å². The van der Waals surface area contributed by atoms with Gasteiger partial charge in [-0.1, -0.05) is 12.5 Å². The lowest BCUT2D eigenvalue weighted by atomic mass is 9.99. The lowest BCUT2D eigenvalue weighted by molar-refractivity contribution is 0.238. The first-order valence-corrected chi connectivity index (χ1v) is 8.16. The van der Waals surface area contributed by atoms with Gasteiger partial charge >= 0.3 is 0 Å². The number of aliphatic hydroxyl groups excluding tert-OH is 1. The molecule has 0 radical (unpaired) electrons. The van der Waals surface area contributed by atoms with Crippen molar-refractivity contribution < 1.29 is 5.11 Å². The van der Waals surface area contributed by atoms with Crippen molar-refractivity contribution in [3.8, 4) is 0 Å². The normalized spacial score (nSPS) is 24.1. The Morgan fingerprint density at radius 2 is 2.45 bits per heavy atom. The zero-order valence-electron chi connectivity index (χ0n) is 11.5. The topological polar surface area (TPSA) is 60.9 Å². The van der Waals surface area contributed by atoms with Crippen LogP contribution in [0.4, 0.5) is 0 Å². The summed E-state index contributed by atoms with van der Waals surface area (Å²) >= 11 is 1.76. The van der Waals surface area contributed by atoms with Gasteiger partial charge in [0.2, 0.25) is 0 Å². The van der Waals surface area contributed by atoms with Gasteiger partial charge in [0.1, 0.15) is 11.9 Å². The van der Waals surface area contributed by atoms with Gasteiger partial charge in [-0.25, -0.2) is 4.98 Å². The molecule has 3 N–H and O–H groups in total. The molecule has 0 amide bonds. The third kappa shape index (κ3) is 2.95. The first kappa shape index (κ1) is 13.8. The standard InChI is InChI=1S/C15H21N3OS/c19-9-6-11-3-1-4-12(11)18-14(13-5-2-10-20-13)15-16-7-8-17-15/h2,5,7-8,10-12,14,18-19H,1,3-4,6,9H2,(H,16,17)/t11-,12-,14+/m0/s1. The molecule has 3 atom stereocenters. The van der Waals surface area contributed by atoms with Crippen LogP contribution in [0.15, 0.2) is 29.9 Å². The van der Waals surface area contributed by atoms with E-state index in [4.69, 9.17) is 0 Å². The highest BCUT2D eigenvalue weighted by molar-refractivity contribution is 7.10. The Labute approximate surface area is 123 Å². The van der Waals surface area contributed by atoms with Crippen LogP contribution in [0.25, 0.3) is 0 Å². The van der Waals surface area contributed by atoms with Crippen LogP contribution >= 0.6 is 11.3 Å². The third-order valence-electron chi connectivity index (χ3n) is 4.16. The second-order valence-electron chi connectivity index (χ2n) is 5.40. The van der Waals surface area contributed by atoms with Crippen molar-refractivity contribution in [1.29, 1.82) is 0 Å². The number of hydrogen-bond acceptors (Lipinski definition) is 4. The summed E-state index contributed by atoms with van der Waals surface area (Å²) in [6, 6.07) is 4.84. The second kappa shape index (κ2) is 6.52. The summed E-state index contributed by atoms with van der Waals surface area (Å²) in [6.07, 6.45) is 8.22. The molecule has 2 aromatic heterocycles. The number of hydrogen-bond donors (Lipinski definition) is 3. The van der Waals surface area contributed by atoms with Gasteiger partial charge in [-0.2, -0.15) is 0 Å². The molecular formula is C15H21N3OS. The molecule has 0 bridgehead atoms. The minimum absolute atomic E-state index is 0.134. The molecule has 1 fully saturated rings. The summed E-state index contributed by atoms with van der Waals surface area (Å²) in [5.41, 5.74) is 0. The van der Waals surface area contributed by atoms with E-state index in [1.807, 2.05) is 6.20 Å². The van der Waals surface area contributed by atoms with E-state index in [2.05, 4.69) is 32.8 Å². The van der Waals surface area contributed by atoms with Crippen LogP contribution < -0.4 is 5.32 Å². The maximum Gasteiger partial charge on any atom is 0.128 e. The van der Waals surface area contributed by atoms with E-state index >= 15 is 0 Å². The largest absolute Gasteiger partial charge is 0.396 e. The number of nitrogens with one attached hydrogen (secondary N) is 2. The van der Waals surface area contributed by atoms with E-state index in [0.29, 0.717) is 12.0 Å². The number of H-pyrrole nitrogens is 1. The molecule has 3 rings (SSSR count). The zero-order valence-corrected chi connectivity index (χ0v) is 12.3. The highest BCUT2D eigenvalue weighted by Gasteiger charge is 2.30. The molecule has 2 heterocycles. The van der Waals surface area contributed by atoms with E-state index in [-0.39, 0.29) is 12.6 Å². The summed E-state index contributed by atoms with van der Waals surface area (Å²) in [7, 11) is 0. The Morgan fingerprint density at radius 3 is 3.15 bits per heavy atom. The van der Waals surface area contributed by atoms with Gasteiger partial charge in [-0.3, -0.25) is 5.32 Å². The minimum atomic E-state index is 0.134. The molecule has 5 heteroatoms. The molecule has 20 heavy (non-hydrogen) atoms. The van der Waals surface area contributed by atoms with Gasteiger partial charge in [-0.15, -0.1) is 11.3 Å². The van der Waals surface area contributed by atoms with Crippen molar-refractivity contribution in [2.75, 3.05) is 6.61 Å². The molecule has 0 unspecified atom stereocenters. The quantitative estimate of drug-likeness (QED) is 0.767. The molecule has 1 aliphatic rings. The molecule has 108 valence electrons. The number of aromatic amines is 1. The lowest BCUT2D eigenvalue weighted by Gasteiger charge is -2.25. The average molecular weight is 291 g/mol. The molecule has 0 aliphatic heterocycles. The van der Waals surface area contributed by atoms with E-state index < -0.39 is 0 Å². The Bertz CT molecular complexity index is 463. The predicted octanol–water partition coefficient (Wildman–Crippen LogP) is 2.70. The van der Waals surface area contributed by atoms with Crippen molar-refractivity contribution in [1.82, 2.24) is 15.3 Å². The first-order chi connectivity index (χ1) is 9.88. The zero-order chi connectivity index (χ0) is 13.8. The monoisotopic (exact) mass is 291 g/mol. The van der Waals surface area contributed by atoms with Crippen molar-refractivity contribution in [2.45, 2.75) is 37.8 Å². The molecule has 4 nitrogen and oxygen atoms in total. The Morgan fingerprint density at radius 1 is 1.50 bits per heavy atom. The van der Waals surface area contributed by atoms with Gasteiger partial charge < -0.3 is 10.1 Å². The summed E-state index contributed by atoms with van der Waals surface area (Å²) in [4.78, 5) is 8.94.